The molecule has 1 aliphatic rings. The van der Waals surface area contributed by atoms with Gasteiger partial charge < -0.3 is 15.0 Å². The number of fused-ring (bicyclic) bond motifs is 1. The van der Waals surface area contributed by atoms with Gasteiger partial charge in [-0.15, -0.1) is 0 Å². The van der Waals surface area contributed by atoms with E-state index in [0.29, 0.717) is 37.1 Å². The first-order valence-electron chi connectivity index (χ1n) is 9.76. The zero-order valence-corrected chi connectivity index (χ0v) is 16.7. The van der Waals surface area contributed by atoms with E-state index < -0.39 is 0 Å². The molecule has 0 aliphatic carbocycles. The number of pyridine rings is 1. The van der Waals surface area contributed by atoms with Gasteiger partial charge in [0.15, 0.2) is 0 Å². The third kappa shape index (κ3) is 4.03. The highest BCUT2D eigenvalue weighted by Gasteiger charge is 2.28. The molecule has 0 spiro atoms. The number of benzene rings is 1. The first-order valence-corrected chi connectivity index (χ1v) is 9.76. The number of aromatic nitrogens is 3. The van der Waals surface area contributed by atoms with Gasteiger partial charge in [-0.2, -0.15) is 4.98 Å². The minimum absolute atomic E-state index is 0.0467. The number of aryl methyl sites for hydroxylation is 1. The molecule has 1 aromatic carbocycles. The fraction of sp³-hybridized carbons (Fsp3) is 0.273. The number of likely N-dealkylation sites (tertiary alicyclic amines) is 1. The molecule has 1 fully saturated rings. The Balaban J connectivity index is 1.53. The number of carbonyl (C=O) groups is 1. The number of hydrogen-bond donors (Lipinski definition) is 1. The van der Waals surface area contributed by atoms with E-state index in [0.717, 1.165) is 23.2 Å². The lowest BCUT2D eigenvalue weighted by atomic mass is 9.96. The molecule has 154 valence electrons. The Morgan fingerprint density at radius 3 is 2.93 bits per heavy atom. The highest BCUT2D eigenvalue weighted by molar-refractivity contribution is 5.87. The van der Waals surface area contributed by atoms with E-state index in [2.05, 4.69) is 21.9 Å². The summed E-state index contributed by atoms with van der Waals surface area (Å²) in [6.45, 7) is 5.44. The van der Waals surface area contributed by atoms with E-state index in [4.69, 9.17) is 4.74 Å². The van der Waals surface area contributed by atoms with Crippen LogP contribution < -0.4 is 15.6 Å². The summed E-state index contributed by atoms with van der Waals surface area (Å²) in [7, 11) is 1.61. The largest absolute Gasteiger partial charge is 0.497 e. The van der Waals surface area contributed by atoms with Gasteiger partial charge in [-0.3, -0.25) is 14.2 Å². The lowest BCUT2D eigenvalue weighted by molar-refractivity contribution is -0.132. The van der Waals surface area contributed by atoms with Crippen molar-refractivity contribution in [3.05, 3.63) is 65.6 Å². The lowest BCUT2D eigenvalue weighted by Crippen LogP contribution is -2.49. The summed E-state index contributed by atoms with van der Waals surface area (Å²) in [5, 5.41) is 3.95. The number of ether oxygens (including phenoxy) is 1. The number of anilines is 2. The Hall–Kier alpha value is -3.68. The van der Waals surface area contributed by atoms with Crippen LogP contribution in [0.15, 0.2) is 60.0 Å². The highest BCUT2D eigenvalue weighted by atomic mass is 16.5. The molecule has 0 saturated carbocycles. The Bertz CT molecular complexity index is 1150. The Morgan fingerprint density at radius 1 is 1.33 bits per heavy atom. The molecule has 2 aromatic heterocycles. The van der Waals surface area contributed by atoms with Gasteiger partial charge >= 0.3 is 0 Å². The summed E-state index contributed by atoms with van der Waals surface area (Å²) in [6, 6.07) is 10.7. The molecule has 3 heterocycles. The molecule has 4 rings (SSSR count). The minimum Gasteiger partial charge on any atom is -0.497 e. The van der Waals surface area contributed by atoms with Gasteiger partial charge in [-0.25, -0.2) is 4.98 Å². The van der Waals surface area contributed by atoms with E-state index >= 15 is 0 Å². The normalized spacial score (nSPS) is 13.7. The van der Waals surface area contributed by atoms with Crippen molar-refractivity contribution in [1.29, 1.82) is 0 Å². The fourth-order valence-corrected chi connectivity index (χ4v) is 3.55. The first kappa shape index (κ1) is 19.6. The van der Waals surface area contributed by atoms with Crippen molar-refractivity contribution in [2.45, 2.75) is 13.0 Å². The third-order valence-corrected chi connectivity index (χ3v) is 5.25. The molecule has 0 radical (unpaired) electrons. The van der Waals surface area contributed by atoms with E-state index in [9.17, 15) is 9.59 Å². The minimum atomic E-state index is -0.105. The van der Waals surface area contributed by atoms with Gasteiger partial charge in [0.2, 0.25) is 11.9 Å². The predicted molar refractivity (Wildman–Crippen MR) is 115 cm³/mol. The molecule has 3 aromatic rings. The Morgan fingerprint density at radius 2 is 2.17 bits per heavy atom. The number of nitrogens with zero attached hydrogens (tertiary/aromatic N) is 4. The van der Waals surface area contributed by atoms with E-state index in [1.807, 2.05) is 24.3 Å². The molecule has 1 saturated heterocycles. The average molecular weight is 405 g/mol. The number of hydrogen-bond acceptors (Lipinski definition) is 6. The van der Waals surface area contributed by atoms with Crippen LogP contribution in [0.25, 0.3) is 11.0 Å². The van der Waals surface area contributed by atoms with E-state index in [1.54, 1.807) is 28.8 Å². The molecular formula is C22H23N5O3. The number of methoxy groups -OCH3 is 1. The standard InChI is InChI=1S/C22H23N5O3/c1-3-19(28)26-13-15(14-26)9-10-27-20(29)8-7-16-12-23-22(25-21(16)27)24-17-5-4-6-18(11-17)30-2/h3-8,11-12,15H,1,9-10,13-14H2,2H3,(H,23,24,25). The summed E-state index contributed by atoms with van der Waals surface area (Å²) < 4.78 is 6.91. The van der Waals surface area contributed by atoms with Gasteiger partial charge in [0.05, 0.1) is 7.11 Å². The maximum atomic E-state index is 12.5. The van der Waals surface area contributed by atoms with E-state index in [-0.39, 0.29) is 11.5 Å². The van der Waals surface area contributed by atoms with Crippen LogP contribution >= 0.6 is 0 Å². The second-order valence-corrected chi connectivity index (χ2v) is 7.25. The smallest absolute Gasteiger partial charge is 0.252 e. The van der Waals surface area contributed by atoms with Crippen LogP contribution in [0.4, 0.5) is 11.6 Å². The molecule has 1 N–H and O–H groups in total. The fourth-order valence-electron chi connectivity index (χ4n) is 3.55. The summed E-state index contributed by atoms with van der Waals surface area (Å²) in [5.74, 6) is 1.45. The van der Waals surface area contributed by atoms with Crippen LogP contribution in [-0.2, 0) is 11.3 Å². The molecule has 8 heteroatoms. The third-order valence-electron chi connectivity index (χ3n) is 5.25. The van der Waals surface area contributed by atoms with Crippen LogP contribution in [0.5, 0.6) is 5.75 Å². The Labute approximate surface area is 173 Å². The summed E-state index contributed by atoms with van der Waals surface area (Å²) in [6.07, 6.45) is 3.83. The number of amides is 1. The second kappa shape index (κ2) is 8.36. The topological polar surface area (TPSA) is 89.4 Å². The average Bonchev–Trinajstić information content (AvgIpc) is 2.73. The second-order valence-electron chi connectivity index (χ2n) is 7.25. The molecule has 0 bridgehead atoms. The maximum Gasteiger partial charge on any atom is 0.252 e. The summed E-state index contributed by atoms with van der Waals surface area (Å²) in [5.41, 5.74) is 1.27. The van der Waals surface area contributed by atoms with Crippen LogP contribution in [0, 0.1) is 5.92 Å². The quantitative estimate of drug-likeness (QED) is 0.608. The zero-order valence-electron chi connectivity index (χ0n) is 16.7. The van der Waals surface area contributed by atoms with Crippen molar-refractivity contribution < 1.29 is 9.53 Å². The van der Waals surface area contributed by atoms with Gasteiger partial charge in [0.25, 0.3) is 5.56 Å². The van der Waals surface area contributed by atoms with Crippen molar-refractivity contribution in [2.75, 3.05) is 25.5 Å². The lowest BCUT2D eigenvalue weighted by Gasteiger charge is -2.38. The van der Waals surface area contributed by atoms with Crippen LogP contribution in [0.3, 0.4) is 0 Å². The monoisotopic (exact) mass is 405 g/mol. The SMILES string of the molecule is C=CC(=O)N1CC(CCn2c(=O)ccc3cnc(Nc4cccc(OC)c4)nc32)C1. The Kier molecular flexibility index (Phi) is 5.47. The number of carbonyl (C=O) groups excluding carboxylic acids is 1. The van der Waals surface area contributed by atoms with E-state index in [1.165, 1.54) is 12.1 Å². The maximum absolute atomic E-state index is 12.5. The molecule has 1 aliphatic heterocycles. The molecule has 30 heavy (non-hydrogen) atoms. The van der Waals surface area contributed by atoms with Gasteiger partial charge in [-0.1, -0.05) is 12.6 Å². The zero-order chi connectivity index (χ0) is 21.1. The highest BCUT2D eigenvalue weighted by Crippen LogP contribution is 2.22. The predicted octanol–water partition coefficient (Wildman–Crippen LogP) is 2.58. The van der Waals surface area contributed by atoms with Gasteiger partial charge in [0.1, 0.15) is 11.4 Å². The molecular weight excluding hydrogens is 382 g/mol. The molecule has 1 amide bonds. The molecule has 0 unspecified atom stereocenters. The molecule has 8 nitrogen and oxygen atoms in total. The first-order chi connectivity index (χ1) is 14.6. The van der Waals surface area contributed by atoms with Crippen LogP contribution in [-0.4, -0.2) is 45.5 Å². The van der Waals surface area contributed by atoms with Crippen molar-refractivity contribution in [3.63, 3.8) is 0 Å². The van der Waals surface area contributed by atoms with Gasteiger partial charge in [0, 0.05) is 49.0 Å². The van der Waals surface area contributed by atoms with Crippen LogP contribution in [0.2, 0.25) is 0 Å². The molecule has 0 atom stereocenters. The summed E-state index contributed by atoms with van der Waals surface area (Å²) >= 11 is 0. The van der Waals surface area contributed by atoms with Crippen LogP contribution in [0.1, 0.15) is 6.42 Å². The van der Waals surface area contributed by atoms with Crippen molar-refractivity contribution in [3.8, 4) is 5.75 Å². The van der Waals surface area contributed by atoms with Gasteiger partial charge in [-0.05, 0) is 36.6 Å². The summed E-state index contributed by atoms with van der Waals surface area (Å²) in [4.78, 5) is 34.8. The van der Waals surface area contributed by atoms with Crippen molar-refractivity contribution in [2.24, 2.45) is 5.92 Å². The van der Waals surface area contributed by atoms with Crippen molar-refractivity contribution in [1.82, 2.24) is 19.4 Å². The van der Waals surface area contributed by atoms with Crippen molar-refractivity contribution >= 4 is 28.6 Å². The number of rotatable bonds is 7. The number of nitrogens with one attached hydrogen (secondary N) is 1.